The van der Waals surface area contributed by atoms with Crippen LogP contribution in [0.1, 0.15) is 18.4 Å². The molecular formula is C20H23FN6O3S. The van der Waals surface area contributed by atoms with Gasteiger partial charge in [-0.3, -0.25) is 4.79 Å². The third-order valence-corrected chi connectivity index (χ3v) is 7.94. The number of rotatable bonds is 1. The SMILES string of the molecule is NC(=O)C1C2CC3CNS(=O)(=O)Cc4cccc(c4)Nc4ncc(F)c(n4)NC1C3C2. The van der Waals surface area contributed by atoms with Crippen molar-refractivity contribution >= 4 is 33.4 Å². The van der Waals surface area contributed by atoms with E-state index in [0.29, 0.717) is 17.7 Å². The van der Waals surface area contributed by atoms with Crippen LogP contribution >= 0.6 is 0 Å². The second-order valence-corrected chi connectivity index (χ2v) is 10.4. The number of carbonyl (C=O) groups excluding carboxylic acids is 1. The summed E-state index contributed by atoms with van der Waals surface area (Å²) in [5.74, 6) is -1.52. The minimum Gasteiger partial charge on any atom is -0.369 e. The van der Waals surface area contributed by atoms with E-state index in [-0.39, 0.29) is 41.8 Å². The van der Waals surface area contributed by atoms with Crippen molar-refractivity contribution < 1.29 is 17.6 Å². The fourth-order valence-corrected chi connectivity index (χ4v) is 6.58. The molecule has 3 aliphatic rings. The zero-order chi connectivity index (χ0) is 21.8. The molecule has 5 rings (SSSR count). The quantitative estimate of drug-likeness (QED) is 0.518. The highest BCUT2D eigenvalue weighted by Gasteiger charge is 2.55. The smallest absolute Gasteiger partial charge is 0.229 e. The van der Waals surface area contributed by atoms with Crippen molar-refractivity contribution in [1.29, 1.82) is 0 Å². The first-order valence-electron chi connectivity index (χ1n) is 10.2. The van der Waals surface area contributed by atoms with Crippen LogP contribution in [0.4, 0.5) is 21.8 Å². The first-order chi connectivity index (χ1) is 14.8. The van der Waals surface area contributed by atoms with Crippen LogP contribution in [0.2, 0.25) is 0 Å². The molecule has 2 heterocycles. The van der Waals surface area contributed by atoms with Gasteiger partial charge in [-0.15, -0.1) is 0 Å². The fourth-order valence-electron chi connectivity index (χ4n) is 5.39. The Bertz CT molecular complexity index is 1140. The molecule has 2 aromatic rings. The molecule has 2 fully saturated rings. The largest absolute Gasteiger partial charge is 0.369 e. The van der Waals surface area contributed by atoms with Crippen molar-refractivity contribution in [3.05, 3.63) is 41.8 Å². The molecule has 1 aliphatic heterocycles. The maximum Gasteiger partial charge on any atom is 0.229 e. The van der Waals surface area contributed by atoms with Crippen molar-refractivity contribution in [3.8, 4) is 0 Å². The topological polar surface area (TPSA) is 139 Å². The number of nitrogens with one attached hydrogen (secondary N) is 3. The Labute approximate surface area is 179 Å². The first-order valence-corrected chi connectivity index (χ1v) is 11.9. The maximum absolute atomic E-state index is 14.5. The van der Waals surface area contributed by atoms with E-state index in [1.54, 1.807) is 24.3 Å². The number of nitrogens with two attached hydrogens (primary N) is 1. The molecule has 6 bridgehead atoms. The summed E-state index contributed by atoms with van der Waals surface area (Å²) < 4.78 is 42.6. The number of fused-ring (bicyclic) bond motifs is 5. The lowest BCUT2D eigenvalue weighted by Crippen LogP contribution is -2.47. The van der Waals surface area contributed by atoms with Gasteiger partial charge in [-0.25, -0.2) is 22.5 Å². The number of anilines is 3. The molecule has 1 amide bonds. The minimum absolute atomic E-state index is 0.00772. The third kappa shape index (κ3) is 3.83. The van der Waals surface area contributed by atoms with Crippen molar-refractivity contribution in [2.24, 2.45) is 29.4 Å². The highest BCUT2D eigenvalue weighted by molar-refractivity contribution is 7.88. The molecule has 5 N–H and O–H groups in total. The van der Waals surface area contributed by atoms with Gasteiger partial charge in [-0.05, 0) is 48.3 Å². The van der Waals surface area contributed by atoms with Gasteiger partial charge in [0.15, 0.2) is 11.6 Å². The number of amides is 1. The molecule has 164 valence electrons. The Morgan fingerprint density at radius 1 is 1.23 bits per heavy atom. The number of aromatic nitrogens is 2. The van der Waals surface area contributed by atoms with Crippen LogP contribution in [-0.2, 0) is 20.6 Å². The second-order valence-electron chi connectivity index (χ2n) is 8.58. The van der Waals surface area contributed by atoms with Gasteiger partial charge in [0, 0.05) is 18.3 Å². The molecular weight excluding hydrogens is 423 g/mol. The maximum atomic E-state index is 14.5. The van der Waals surface area contributed by atoms with E-state index in [1.807, 2.05) is 0 Å². The zero-order valence-electron chi connectivity index (χ0n) is 16.6. The van der Waals surface area contributed by atoms with Crippen LogP contribution < -0.4 is 21.1 Å². The number of primary amides is 1. The third-order valence-electron chi connectivity index (χ3n) is 6.62. The van der Waals surface area contributed by atoms with E-state index in [2.05, 4.69) is 25.3 Å². The minimum atomic E-state index is -3.55. The van der Waals surface area contributed by atoms with Gasteiger partial charge in [-0.1, -0.05) is 12.1 Å². The van der Waals surface area contributed by atoms with Crippen molar-refractivity contribution in [2.75, 3.05) is 17.2 Å². The van der Waals surface area contributed by atoms with Gasteiger partial charge in [0.2, 0.25) is 21.9 Å². The summed E-state index contributed by atoms with van der Waals surface area (Å²) in [6.07, 6.45) is 2.50. The van der Waals surface area contributed by atoms with Gasteiger partial charge in [0.1, 0.15) is 0 Å². The van der Waals surface area contributed by atoms with Gasteiger partial charge in [0.05, 0.1) is 17.9 Å². The Morgan fingerprint density at radius 3 is 2.87 bits per heavy atom. The van der Waals surface area contributed by atoms with Crippen molar-refractivity contribution in [3.63, 3.8) is 0 Å². The zero-order valence-corrected chi connectivity index (χ0v) is 17.4. The van der Waals surface area contributed by atoms with E-state index < -0.39 is 33.7 Å². The van der Waals surface area contributed by atoms with E-state index >= 15 is 0 Å². The molecule has 5 atom stereocenters. The number of carbonyl (C=O) groups is 1. The van der Waals surface area contributed by atoms with Crippen LogP contribution in [0, 0.1) is 29.5 Å². The Balaban J connectivity index is 1.56. The highest BCUT2D eigenvalue weighted by atomic mass is 32.2. The predicted molar refractivity (Wildman–Crippen MR) is 112 cm³/mol. The average molecular weight is 447 g/mol. The van der Waals surface area contributed by atoms with Crippen LogP contribution in [0.5, 0.6) is 0 Å². The molecule has 0 saturated heterocycles. The van der Waals surface area contributed by atoms with Gasteiger partial charge in [0.25, 0.3) is 0 Å². The molecule has 2 saturated carbocycles. The summed E-state index contributed by atoms with van der Waals surface area (Å²) in [6.45, 7) is 0.266. The van der Waals surface area contributed by atoms with Gasteiger partial charge in [-0.2, -0.15) is 4.98 Å². The average Bonchev–Trinajstić information content (AvgIpc) is 3.26. The highest BCUT2D eigenvalue weighted by Crippen LogP contribution is 2.52. The molecule has 31 heavy (non-hydrogen) atoms. The molecule has 11 heteroatoms. The summed E-state index contributed by atoms with van der Waals surface area (Å²) in [5, 5.41) is 6.08. The Hall–Kier alpha value is -2.79. The van der Waals surface area contributed by atoms with Crippen LogP contribution in [0.3, 0.4) is 0 Å². The van der Waals surface area contributed by atoms with E-state index in [9.17, 15) is 17.6 Å². The molecule has 2 aliphatic carbocycles. The van der Waals surface area contributed by atoms with E-state index in [1.165, 1.54) is 0 Å². The molecule has 1 aromatic carbocycles. The number of hydrogen-bond donors (Lipinski definition) is 4. The fraction of sp³-hybridized carbons (Fsp3) is 0.450. The number of hydrogen-bond acceptors (Lipinski definition) is 7. The van der Waals surface area contributed by atoms with Crippen molar-refractivity contribution in [1.82, 2.24) is 14.7 Å². The van der Waals surface area contributed by atoms with Crippen LogP contribution in [0.25, 0.3) is 0 Å². The van der Waals surface area contributed by atoms with Crippen LogP contribution in [-0.4, -0.2) is 36.9 Å². The van der Waals surface area contributed by atoms with Gasteiger partial charge < -0.3 is 16.4 Å². The van der Waals surface area contributed by atoms with Crippen molar-refractivity contribution in [2.45, 2.75) is 24.6 Å². The number of halogens is 1. The molecule has 0 radical (unpaired) electrons. The lowest BCUT2D eigenvalue weighted by Gasteiger charge is -2.35. The lowest BCUT2D eigenvalue weighted by atomic mass is 9.78. The number of benzene rings is 1. The van der Waals surface area contributed by atoms with E-state index in [4.69, 9.17) is 5.73 Å². The second kappa shape index (κ2) is 7.41. The summed E-state index contributed by atoms with van der Waals surface area (Å²) in [5.41, 5.74) is 6.85. The van der Waals surface area contributed by atoms with E-state index in [0.717, 1.165) is 12.6 Å². The monoisotopic (exact) mass is 446 g/mol. The standard InChI is InChI=1S/C20H23FN6O3S/c21-15-8-23-20-25-13-3-1-2-10(4-13)9-31(29,30)24-7-12-5-11-6-14(12)17(16(11)18(22)28)26-19(15)27-20/h1-4,8,11-12,14,16-17,24H,5-7,9H2,(H2,22,28)(H2,23,25,26,27). The predicted octanol–water partition coefficient (Wildman–Crippen LogP) is 1.33. The Kier molecular flexibility index (Phi) is 4.82. The summed E-state index contributed by atoms with van der Waals surface area (Å²) in [6, 6.07) is 6.47. The number of nitrogens with zero attached hydrogens (tertiary/aromatic N) is 2. The number of sulfonamides is 1. The normalized spacial score (nSPS) is 31.1. The molecule has 1 aromatic heterocycles. The molecule has 5 unspecified atom stereocenters. The summed E-state index contributed by atoms with van der Waals surface area (Å²) in [7, 11) is -3.55. The summed E-state index contributed by atoms with van der Waals surface area (Å²) >= 11 is 0. The lowest BCUT2D eigenvalue weighted by molar-refractivity contribution is -0.123. The summed E-state index contributed by atoms with van der Waals surface area (Å²) in [4.78, 5) is 20.4. The Morgan fingerprint density at radius 2 is 2.06 bits per heavy atom. The van der Waals surface area contributed by atoms with Gasteiger partial charge >= 0.3 is 0 Å². The molecule has 9 nitrogen and oxygen atoms in total. The molecule has 0 spiro atoms. The van der Waals surface area contributed by atoms with Crippen LogP contribution in [0.15, 0.2) is 30.5 Å². The first kappa shape index (κ1) is 20.1.